The quantitative estimate of drug-likeness (QED) is 0.242. The maximum Gasteiger partial charge on any atom is 0.254 e. The van der Waals surface area contributed by atoms with Gasteiger partial charge in [-0.05, 0) is 59.2 Å². The lowest BCUT2D eigenvalue weighted by Gasteiger charge is -2.10. The molecule has 1 aliphatic carbocycles. The number of fused-ring (bicyclic) bond motifs is 1. The SMILES string of the molecule is CN1Cc2ccc(CC(=O)c3cc(NC(=O)C4C(c5cc(Cl)cc(Cl)c5)C4(Cl)Cl)ccc3Cl)cc2C1=O. The molecule has 1 heterocycles. The molecule has 2 aliphatic rings. The first-order chi connectivity index (χ1) is 17.5. The van der Waals surface area contributed by atoms with Crippen LogP contribution in [0.4, 0.5) is 5.69 Å². The molecule has 0 spiro atoms. The predicted octanol–water partition coefficient (Wildman–Crippen LogP) is 7.18. The van der Waals surface area contributed by atoms with E-state index in [0.717, 1.165) is 5.56 Å². The molecule has 37 heavy (non-hydrogen) atoms. The van der Waals surface area contributed by atoms with Gasteiger partial charge < -0.3 is 10.2 Å². The van der Waals surface area contributed by atoms with E-state index >= 15 is 0 Å². The summed E-state index contributed by atoms with van der Waals surface area (Å²) in [5.74, 6) is -1.97. The van der Waals surface area contributed by atoms with E-state index in [1.165, 1.54) is 6.07 Å². The van der Waals surface area contributed by atoms with E-state index in [1.54, 1.807) is 48.3 Å². The fourth-order valence-corrected chi connectivity index (χ4v) is 6.34. The van der Waals surface area contributed by atoms with Crippen molar-refractivity contribution >= 4 is 81.3 Å². The molecule has 3 aromatic rings. The number of carbonyl (C=O) groups excluding carboxylic acids is 3. The summed E-state index contributed by atoms with van der Waals surface area (Å²) in [6, 6.07) is 15.0. The number of hydrogen-bond donors (Lipinski definition) is 1. The van der Waals surface area contributed by atoms with Gasteiger partial charge in [0.05, 0.1) is 10.9 Å². The number of anilines is 1. The number of nitrogens with zero attached hydrogens (tertiary/aromatic N) is 1. The van der Waals surface area contributed by atoms with Gasteiger partial charge in [-0.25, -0.2) is 0 Å². The highest BCUT2D eigenvalue weighted by molar-refractivity contribution is 6.53. The summed E-state index contributed by atoms with van der Waals surface area (Å²) in [6.45, 7) is 0.550. The van der Waals surface area contributed by atoms with Crippen molar-refractivity contribution < 1.29 is 14.4 Å². The van der Waals surface area contributed by atoms with Gasteiger partial charge in [-0.3, -0.25) is 14.4 Å². The van der Waals surface area contributed by atoms with Gasteiger partial charge in [0, 0.05) is 52.8 Å². The van der Waals surface area contributed by atoms with Crippen LogP contribution >= 0.6 is 58.0 Å². The molecule has 2 atom stereocenters. The third-order valence-electron chi connectivity index (χ3n) is 6.64. The van der Waals surface area contributed by atoms with Gasteiger partial charge in [-0.1, -0.05) is 46.9 Å². The molecule has 0 radical (unpaired) electrons. The van der Waals surface area contributed by atoms with E-state index in [1.807, 2.05) is 12.1 Å². The number of Topliss-reactive ketones (excluding diaryl/α,β-unsaturated/α-hetero) is 1. The number of benzene rings is 3. The Morgan fingerprint density at radius 3 is 2.41 bits per heavy atom. The van der Waals surface area contributed by atoms with Crippen molar-refractivity contribution in [3.8, 4) is 0 Å². The van der Waals surface area contributed by atoms with Crippen LogP contribution in [0.15, 0.2) is 54.6 Å². The molecule has 3 aromatic carbocycles. The van der Waals surface area contributed by atoms with Gasteiger partial charge in [0.25, 0.3) is 5.91 Å². The molecule has 0 saturated heterocycles. The first kappa shape index (κ1) is 26.3. The molecule has 190 valence electrons. The van der Waals surface area contributed by atoms with Crippen LogP contribution in [0.1, 0.15) is 43.3 Å². The molecule has 5 nitrogen and oxygen atoms in total. The third kappa shape index (κ3) is 5.08. The lowest BCUT2D eigenvalue weighted by Crippen LogP contribution is -2.18. The summed E-state index contributed by atoms with van der Waals surface area (Å²) in [7, 11) is 1.74. The molecule has 2 amide bonds. The fraction of sp³-hybridized carbons (Fsp3) is 0.222. The van der Waals surface area contributed by atoms with Gasteiger partial charge in [0.1, 0.15) is 4.33 Å². The van der Waals surface area contributed by atoms with Crippen molar-refractivity contribution in [1.82, 2.24) is 4.90 Å². The number of hydrogen-bond acceptors (Lipinski definition) is 3. The average molecular weight is 597 g/mol. The normalized spacial score (nSPS) is 19.5. The van der Waals surface area contributed by atoms with Crippen LogP contribution in [-0.4, -0.2) is 33.9 Å². The highest BCUT2D eigenvalue weighted by Gasteiger charge is 2.67. The second kappa shape index (κ2) is 9.79. The topological polar surface area (TPSA) is 66.5 Å². The summed E-state index contributed by atoms with van der Waals surface area (Å²) in [5.41, 5.74) is 3.52. The number of amides is 2. The van der Waals surface area contributed by atoms with Gasteiger partial charge in [-0.15, -0.1) is 23.2 Å². The Morgan fingerprint density at radius 1 is 1.00 bits per heavy atom. The van der Waals surface area contributed by atoms with Crippen LogP contribution in [0.5, 0.6) is 0 Å². The lowest BCUT2D eigenvalue weighted by molar-refractivity contribution is -0.117. The summed E-state index contributed by atoms with van der Waals surface area (Å²) >= 11 is 31.4. The van der Waals surface area contributed by atoms with Gasteiger partial charge in [0.15, 0.2) is 5.78 Å². The zero-order valence-corrected chi connectivity index (χ0v) is 23.1. The molecule has 2 unspecified atom stereocenters. The number of carbonyl (C=O) groups is 3. The largest absolute Gasteiger partial charge is 0.337 e. The van der Waals surface area contributed by atoms with Crippen molar-refractivity contribution in [2.24, 2.45) is 5.92 Å². The molecule has 5 rings (SSSR count). The predicted molar refractivity (Wildman–Crippen MR) is 147 cm³/mol. The first-order valence-electron chi connectivity index (χ1n) is 11.3. The van der Waals surface area contributed by atoms with Crippen molar-refractivity contribution in [3.05, 3.63) is 97.5 Å². The van der Waals surface area contributed by atoms with Gasteiger partial charge >= 0.3 is 0 Å². The van der Waals surface area contributed by atoms with E-state index in [0.29, 0.717) is 39.0 Å². The zero-order chi connectivity index (χ0) is 26.6. The highest BCUT2D eigenvalue weighted by Crippen LogP contribution is 2.65. The summed E-state index contributed by atoms with van der Waals surface area (Å²) in [6.07, 6.45) is 0.0497. The maximum absolute atomic E-state index is 13.1. The Labute approximate surface area is 238 Å². The minimum atomic E-state index is -1.33. The summed E-state index contributed by atoms with van der Waals surface area (Å²) < 4.78 is -1.33. The minimum absolute atomic E-state index is 0.0497. The van der Waals surface area contributed by atoms with Crippen molar-refractivity contribution in [3.63, 3.8) is 0 Å². The molecular formula is C27H19Cl5N2O3. The standard InChI is InChI=1S/C27H19Cl5N2O3/c1-34-12-14-3-2-13(6-19(14)26(34)37)7-22(35)20-11-18(4-5-21(20)30)33-25(36)24-23(27(24,31)32)15-8-16(28)10-17(29)9-15/h2-6,8-11,23-24H,7,12H2,1H3,(H,33,36). The number of nitrogens with one attached hydrogen (secondary N) is 1. The number of rotatable bonds is 6. The molecule has 0 bridgehead atoms. The fourth-order valence-electron chi connectivity index (χ4n) is 4.74. The smallest absolute Gasteiger partial charge is 0.254 e. The van der Waals surface area contributed by atoms with Crippen molar-refractivity contribution in [1.29, 1.82) is 0 Å². The second-order valence-electron chi connectivity index (χ2n) is 9.27. The first-order valence-corrected chi connectivity index (χ1v) is 13.2. The monoisotopic (exact) mass is 594 g/mol. The van der Waals surface area contributed by atoms with E-state index in [-0.39, 0.29) is 28.7 Å². The molecular weight excluding hydrogens is 578 g/mol. The molecule has 1 fully saturated rings. The Morgan fingerprint density at radius 2 is 1.70 bits per heavy atom. The highest BCUT2D eigenvalue weighted by atomic mass is 35.5. The maximum atomic E-state index is 13.1. The second-order valence-corrected chi connectivity index (χ2v) is 12.0. The van der Waals surface area contributed by atoms with Crippen LogP contribution in [0, 0.1) is 5.92 Å². The van der Waals surface area contributed by atoms with Crippen molar-refractivity contribution in [2.45, 2.75) is 23.2 Å². The van der Waals surface area contributed by atoms with Crippen molar-refractivity contribution in [2.75, 3.05) is 12.4 Å². The molecule has 1 aliphatic heterocycles. The minimum Gasteiger partial charge on any atom is -0.337 e. The van der Waals surface area contributed by atoms with E-state index in [2.05, 4.69) is 5.32 Å². The van der Waals surface area contributed by atoms with Crippen LogP contribution in [0.25, 0.3) is 0 Å². The zero-order valence-electron chi connectivity index (χ0n) is 19.3. The Balaban J connectivity index is 1.32. The van der Waals surface area contributed by atoms with Gasteiger partial charge in [-0.2, -0.15) is 0 Å². The summed E-state index contributed by atoms with van der Waals surface area (Å²) in [5, 5.41) is 3.87. The lowest BCUT2D eigenvalue weighted by atomic mass is 9.99. The molecule has 0 aromatic heterocycles. The molecule has 1 N–H and O–H groups in total. The Kier molecular flexibility index (Phi) is 6.97. The van der Waals surface area contributed by atoms with Crippen LogP contribution in [-0.2, 0) is 17.8 Å². The van der Waals surface area contributed by atoms with Crippen LogP contribution in [0.2, 0.25) is 15.1 Å². The summed E-state index contributed by atoms with van der Waals surface area (Å²) in [4.78, 5) is 40.1. The van der Waals surface area contributed by atoms with Crippen LogP contribution in [0.3, 0.4) is 0 Å². The van der Waals surface area contributed by atoms with Gasteiger partial charge in [0.2, 0.25) is 5.91 Å². The molecule has 10 heteroatoms. The number of alkyl halides is 2. The Hall–Kier alpha value is -2.28. The third-order valence-corrected chi connectivity index (χ3v) is 8.34. The molecule has 1 saturated carbocycles. The number of halogens is 5. The van der Waals surface area contributed by atoms with E-state index in [9.17, 15) is 14.4 Å². The van der Waals surface area contributed by atoms with E-state index in [4.69, 9.17) is 58.0 Å². The Bertz CT molecular complexity index is 1450. The van der Waals surface area contributed by atoms with E-state index < -0.39 is 22.1 Å². The average Bonchev–Trinajstić information content (AvgIpc) is 3.30. The number of ketones is 1. The van der Waals surface area contributed by atoms with Crippen LogP contribution < -0.4 is 5.32 Å².